The second kappa shape index (κ2) is 13.0. The summed E-state index contributed by atoms with van der Waals surface area (Å²) in [7, 11) is 0. The number of rotatable bonds is 8. The Morgan fingerprint density at radius 2 is 0.851 bits per heavy atom. The second-order valence-corrected chi connectivity index (χ2v) is 14.6. The summed E-state index contributed by atoms with van der Waals surface area (Å²) in [5.41, 5.74) is -1.74. The Hall–Kier alpha value is -3.74. The van der Waals surface area contributed by atoms with Crippen molar-refractivity contribution in [3.8, 4) is 0 Å². The second-order valence-electron chi connectivity index (χ2n) is 14.6. The Balaban J connectivity index is 1.26. The van der Waals surface area contributed by atoms with Crippen molar-refractivity contribution >= 4 is 33.4 Å². The number of amides is 2. The van der Waals surface area contributed by atoms with Crippen LogP contribution in [0.25, 0.3) is 21.5 Å². The first kappa shape index (κ1) is 31.8. The maximum Gasteiger partial charge on any atom is 0.236 e. The zero-order valence-electron chi connectivity index (χ0n) is 27.3. The molecule has 0 spiro atoms. The van der Waals surface area contributed by atoms with E-state index in [4.69, 9.17) is 0 Å². The maximum absolute atomic E-state index is 14.8. The SMILES string of the molecule is O=C(N[C@@H](c1cccc2ccccc12)C1(O)CCCCC1)C1(C(=O)N[C@@H](c2cccc3ccccc23)C2(O)CCCCC2)CCCC1. The number of nitrogens with one attached hydrogen (secondary N) is 2. The molecule has 246 valence electrons. The minimum atomic E-state index is -1.29. The predicted molar refractivity (Wildman–Crippen MR) is 187 cm³/mol. The topological polar surface area (TPSA) is 98.7 Å². The first-order valence-corrected chi connectivity index (χ1v) is 17.9. The first-order chi connectivity index (χ1) is 22.8. The molecule has 4 aromatic carbocycles. The summed E-state index contributed by atoms with van der Waals surface area (Å²) < 4.78 is 0. The molecule has 0 heterocycles. The summed E-state index contributed by atoms with van der Waals surface area (Å²) in [6.07, 6.45) is 10.5. The van der Waals surface area contributed by atoms with Crippen LogP contribution in [0.2, 0.25) is 0 Å². The van der Waals surface area contributed by atoms with Gasteiger partial charge in [0.1, 0.15) is 5.41 Å². The van der Waals surface area contributed by atoms with Gasteiger partial charge in [0, 0.05) is 0 Å². The van der Waals surface area contributed by atoms with E-state index in [2.05, 4.69) is 34.9 Å². The molecule has 0 aliphatic heterocycles. The molecular weight excluding hydrogens is 584 g/mol. The molecule has 3 aliphatic carbocycles. The molecule has 0 aromatic heterocycles. The van der Waals surface area contributed by atoms with E-state index in [0.29, 0.717) is 38.5 Å². The van der Waals surface area contributed by atoms with Crippen LogP contribution in [0.5, 0.6) is 0 Å². The monoisotopic (exact) mass is 632 g/mol. The van der Waals surface area contributed by atoms with Crippen molar-refractivity contribution in [2.45, 2.75) is 113 Å². The van der Waals surface area contributed by atoms with E-state index in [1.807, 2.05) is 60.7 Å². The molecule has 3 aliphatic rings. The molecule has 0 unspecified atom stereocenters. The van der Waals surface area contributed by atoms with Crippen LogP contribution in [-0.2, 0) is 9.59 Å². The highest BCUT2D eigenvalue weighted by Gasteiger charge is 2.52. The van der Waals surface area contributed by atoms with Gasteiger partial charge in [0.15, 0.2) is 0 Å². The molecule has 3 fully saturated rings. The fourth-order valence-corrected chi connectivity index (χ4v) is 8.99. The maximum atomic E-state index is 14.8. The van der Waals surface area contributed by atoms with Crippen molar-refractivity contribution in [1.29, 1.82) is 0 Å². The minimum absolute atomic E-state index is 0.322. The van der Waals surface area contributed by atoms with Gasteiger partial charge in [-0.05, 0) is 71.2 Å². The number of benzene rings is 4. The van der Waals surface area contributed by atoms with Crippen molar-refractivity contribution in [1.82, 2.24) is 10.6 Å². The van der Waals surface area contributed by atoms with Crippen molar-refractivity contribution in [2.24, 2.45) is 5.41 Å². The van der Waals surface area contributed by atoms with Gasteiger partial charge >= 0.3 is 0 Å². The molecule has 6 nitrogen and oxygen atoms in total. The van der Waals surface area contributed by atoms with E-state index in [0.717, 1.165) is 84.0 Å². The molecule has 0 saturated heterocycles. The molecule has 3 saturated carbocycles. The van der Waals surface area contributed by atoms with Crippen LogP contribution in [0, 0.1) is 5.41 Å². The highest BCUT2D eigenvalue weighted by atomic mass is 16.3. The van der Waals surface area contributed by atoms with Crippen LogP contribution < -0.4 is 10.6 Å². The first-order valence-electron chi connectivity index (χ1n) is 17.9. The molecule has 0 bridgehead atoms. The molecule has 7 rings (SSSR count). The zero-order chi connectivity index (χ0) is 32.5. The van der Waals surface area contributed by atoms with Gasteiger partial charge < -0.3 is 20.8 Å². The number of hydrogen-bond acceptors (Lipinski definition) is 4. The molecule has 4 aromatic rings. The van der Waals surface area contributed by atoms with Crippen molar-refractivity contribution in [2.75, 3.05) is 0 Å². The highest BCUT2D eigenvalue weighted by molar-refractivity contribution is 6.06. The van der Waals surface area contributed by atoms with E-state index in [1.54, 1.807) is 0 Å². The Morgan fingerprint density at radius 3 is 1.28 bits per heavy atom. The van der Waals surface area contributed by atoms with E-state index in [-0.39, 0.29) is 11.8 Å². The fraction of sp³-hybridized carbons (Fsp3) is 0.463. The van der Waals surface area contributed by atoms with Crippen LogP contribution in [0.15, 0.2) is 84.9 Å². The lowest BCUT2D eigenvalue weighted by Gasteiger charge is -2.43. The normalized spacial score (nSPS) is 21.6. The Bertz CT molecular complexity index is 1610. The quantitative estimate of drug-likeness (QED) is 0.148. The summed E-state index contributed by atoms with van der Waals surface area (Å²) in [6.45, 7) is 0. The molecule has 2 atom stereocenters. The molecular formula is C41H48N2O4. The van der Waals surface area contributed by atoms with Crippen LogP contribution in [0.4, 0.5) is 0 Å². The average Bonchev–Trinajstić information content (AvgIpc) is 3.61. The standard InChI is InChI=1S/C41H48N2O4/c44-37(42-35(40(46)25-7-1-8-26-40)33-21-13-17-29-15-3-5-19-31(29)33)39(23-11-12-24-39)38(45)43-36(41(47)27-9-2-10-28-41)34-22-14-18-30-16-4-6-20-32(30)34/h3-6,13-22,35-36,46-47H,1-2,7-12,23-28H2,(H,42,44)(H,43,45)/t35-,36-/m0/s1. The van der Waals surface area contributed by atoms with Crippen molar-refractivity contribution in [3.63, 3.8) is 0 Å². The fourth-order valence-electron chi connectivity index (χ4n) is 8.99. The summed E-state index contributed by atoms with van der Waals surface area (Å²) in [5, 5.41) is 35.2. The van der Waals surface area contributed by atoms with E-state index in [9.17, 15) is 19.8 Å². The average molecular weight is 633 g/mol. The Morgan fingerprint density at radius 1 is 0.489 bits per heavy atom. The van der Waals surface area contributed by atoms with Gasteiger partial charge in [-0.1, -0.05) is 136 Å². The molecule has 0 radical (unpaired) electrons. The number of aliphatic hydroxyl groups is 2. The molecule has 6 heteroatoms. The zero-order valence-corrected chi connectivity index (χ0v) is 27.3. The highest BCUT2D eigenvalue weighted by Crippen LogP contribution is 2.46. The van der Waals surface area contributed by atoms with Crippen LogP contribution in [0.1, 0.15) is 113 Å². The van der Waals surface area contributed by atoms with Crippen LogP contribution >= 0.6 is 0 Å². The number of carbonyl (C=O) groups is 2. The van der Waals surface area contributed by atoms with E-state index >= 15 is 0 Å². The van der Waals surface area contributed by atoms with Gasteiger partial charge in [0.05, 0.1) is 23.3 Å². The van der Waals surface area contributed by atoms with Gasteiger partial charge in [-0.2, -0.15) is 0 Å². The lowest BCUT2D eigenvalue weighted by molar-refractivity contribution is -0.148. The summed E-state index contributed by atoms with van der Waals surface area (Å²) in [4.78, 5) is 29.5. The summed E-state index contributed by atoms with van der Waals surface area (Å²) in [6, 6.07) is 27.0. The van der Waals surface area contributed by atoms with Gasteiger partial charge in [-0.15, -0.1) is 0 Å². The van der Waals surface area contributed by atoms with Gasteiger partial charge in [-0.3, -0.25) is 9.59 Å². The molecule has 47 heavy (non-hydrogen) atoms. The molecule has 2 amide bonds. The van der Waals surface area contributed by atoms with E-state index < -0.39 is 28.7 Å². The van der Waals surface area contributed by atoms with Gasteiger partial charge in [0.25, 0.3) is 0 Å². The smallest absolute Gasteiger partial charge is 0.236 e. The number of hydrogen-bond donors (Lipinski definition) is 4. The van der Waals surface area contributed by atoms with E-state index in [1.165, 1.54) is 0 Å². The Labute approximate surface area is 278 Å². The van der Waals surface area contributed by atoms with Crippen LogP contribution in [-0.4, -0.2) is 33.2 Å². The summed E-state index contributed by atoms with van der Waals surface area (Å²) in [5.74, 6) is -0.645. The molecule has 4 N–H and O–H groups in total. The predicted octanol–water partition coefficient (Wildman–Crippen LogP) is 7.96. The Kier molecular flexibility index (Phi) is 8.84. The number of carbonyl (C=O) groups excluding carboxylic acids is 2. The van der Waals surface area contributed by atoms with Crippen molar-refractivity contribution < 1.29 is 19.8 Å². The van der Waals surface area contributed by atoms with Crippen LogP contribution in [0.3, 0.4) is 0 Å². The van der Waals surface area contributed by atoms with Crippen molar-refractivity contribution in [3.05, 3.63) is 96.1 Å². The summed E-state index contributed by atoms with van der Waals surface area (Å²) >= 11 is 0. The van der Waals surface area contributed by atoms with Gasteiger partial charge in [0.2, 0.25) is 11.8 Å². The minimum Gasteiger partial charge on any atom is -0.387 e. The third-order valence-electron chi connectivity index (χ3n) is 11.7. The third kappa shape index (κ3) is 5.95. The number of fused-ring (bicyclic) bond motifs is 2. The lowest BCUT2D eigenvalue weighted by atomic mass is 9.74. The largest absolute Gasteiger partial charge is 0.387 e. The lowest BCUT2D eigenvalue weighted by Crippen LogP contribution is -2.57. The van der Waals surface area contributed by atoms with Gasteiger partial charge in [-0.25, -0.2) is 0 Å². The third-order valence-corrected chi connectivity index (χ3v) is 11.7.